The Bertz CT molecular complexity index is 397. The molecule has 0 unspecified atom stereocenters. The van der Waals surface area contributed by atoms with Gasteiger partial charge in [-0.2, -0.15) is 23.5 Å². The van der Waals surface area contributed by atoms with Crippen molar-refractivity contribution < 1.29 is 4.42 Å². The number of rotatable bonds is 13. The molecule has 4 nitrogen and oxygen atoms in total. The second kappa shape index (κ2) is 14.8. The Morgan fingerprint density at radius 1 is 1.04 bits per heavy atom. The largest absolute Gasteiger partial charge is 0.469 e. The van der Waals surface area contributed by atoms with Crippen LogP contribution in [0.3, 0.4) is 0 Å². The number of guanidine groups is 1. The molecule has 0 fully saturated rings. The van der Waals surface area contributed by atoms with Gasteiger partial charge in [-0.15, -0.1) is 0 Å². The summed E-state index contributed by atoms with van der Waals surface area (Å²) in [5.74, 6) is 4.30. The number of thioether (sulfide) groups is 2. The maximum absolute atomic E-state index is 5.35. The molecule has 0 atom stereocenters. The molecule has 23 heavy (non-hydrogen) atoms. The van der Waals surface area contributed by atoms with E-state index in [1.807, 2.05) is 35.7 Å². The SMILES string of the molecule is CSCCCCCCN=C(NCCSC)NCCc1ccco1. The van der Waals surface area contributed by atoms with E-state index in [2.05, 4.69) is 28.1 Å². The molecule has 0 aromatic carbocycles. The summed E-state index contributed by atoms with van der Waals surface area (Å²) >= 11 is 3.77. The van der Waals surface area contributed by atoms with Gasteiger partial charge in [-0.1, -0.05) is 12.8 Å². The van der Waals surface area contributed by atoms with Crippen LogP contribution in [0.2, 0.25) is 0 Å². The molecule has 0 saturated heterocycles. The zero-order valence-electron chi connectivity index (χ0n) is 14.5. The first kappa shape index (κ1) is 20.3. The summed E-state index contributed by atoms with van der Waals surface area (Å²) in [7, 11) is 0. The van der Waals surface area contributed by atoms with Crippen LogP contribution in [0.15, 0.2) is 27.8 Å². The third kappa shape index (κ3) is 11.4. The zero-order valence-corrected chi connectivity index (χ0v) is 16.1. The Balaban J connectivity index is 2.21. The number of nitrogens with one attached hydrogen (secondary N) is 2. The monoisotopic (exact) mass is 357 g/mol. The highest BCUT2D eigenvalue weighted by atomic mass is 32.2. The minimum atomic E-state index is 0.840. The second-order valence-electron chi connectivity index (χ2n) is 5.31. The molecule has 1 heterocycles. The van der Waals surface area contributed by atoms with Gasteiger partial charge in [-0.05, 0) is 43.2 Å². The van der Waals surface area contributed by atoms with Gasteiger partial charge in [-0.3, -0.25) is 4.99 Å². The van der Waals surface area contributed by atoms with Crippen LogP contribution in [-0.4, -0.2) is 49.6 Å². The van der Waals surface area contributed by atoms with E-state index in [0.717, 1.165) is 43.5 Å². The lowest BCUT2D eigenvalue weighted by Gasteiger charge is -2.11. The van der Waals surface area contributed by atoms with Crippen LogP contribution in [0.1, 0.15) is 31.4 Å². The first-order valence-corrected chi connectivity index (χ1v) is 11.2. The molecule has 0 aliphatic carbocycles. The summed E-state index contributed by atoms with van der Waals surface area (Å²) < 4.78 is 5.35. The minimum absolute atomic E-state index is 0.840. The highest BCUT2D eigenvalue weighted by molar-refractivity contribution is 7.98. The average molecular weight is 358 g/mol. The van der Waals surface area contributed by atoms with Gasteiger partial charge < -0.3 is 15.1 Å². The van der Waals surface area contributed by atoms with E-state index in [1.165, 1.54) is 31.4 Å². The molecule has 0 bridgehead atoms. The summed E-state index contributed by atoms with van der Waals surface area (Å²) in [5.41, 5.74) is 0. The summed E-state index contributed by atoms with van der Waals surface area (Å²) in [5, 5.41) is 6.79. The molecule has 132 valence electrons. The molecule has 0 amide bonds. The number of hydrogen-bond donors (Lipinski definition) is 2. The summed E-state index contributed by atoms with van der Waals surface area (Å²) in [6.07, 6.45) is 12.0. The maximum atomic E-state index is 5.35. The molecule has 1 aromatic rings. The minimum Gasteiger partial charge on any atom is -0.469 e. The Kier molecular flexibility index (Phi) is 13.1. The molecule has 0 radical (unpaired) electrons. The van der Waals surface area contributed by atoms with Crippen LogP contribution in [0.4, 0.5) is 0 Å². The summed E-state index contributed by atoms with van der Waals surface area (Å²) in [6.45, 7) is 2.68. The van der Waals surface area contributed by atoms with Crippen molar-refractivity contribution in [3.63, 3.8) is 0 Å². The van der Waals surface area contributed by atoms with Crippen LogP contribution in [0.25, 0.3) is 0 Å². The van der Waals surface area contributed by atoms with E-state index in [-0.39, 0.29) is 0 Å². The Morgan fingerprint density at radius 3 is 2.57 bits per heavy atom. The fraction of sp³-hybridized carbons (Fsp3) is 0.706. The molecule has 2 N–H and O–H groups in total. The van der Waals surface area contributed by atoms with Crippen LogP contribution in [-0.2, 0) is 6.42 Å². The van der Waals surface area contributed by atoms with Gasteiger partial charge in [0.25, 0.3) is 0 Å². The van der Waals surface area contributed by atoms with E-state index in [1.54, 1.807) is 6.26 Å². The number of hydrogen-bond acceptors (Lipinski definition) is 4. The number of nitrogens with zero attached hydrogens (tertiary/aromatic N) is 1. The Morgan fingerprint density at radius 2 is 1.83 bits per heavy atom. The van der Waals surface area contributed by atoms with Crippen LogP contribution in [0.5, 0.6) is 0 Å². The van der Waals surface area contributed by atoms with Crippen molar-refractivity contribution in [2.45, 2.75) is 32.1 Å². The first-order valence-electron chi connectivity index (χ1n) is 8.39. The van der Waals surface area contributed by atoms with Crippen LogP contribution in [0, 0.1) is 0 Å². The number of unbranched alkanes of at least 4 members (excludes halogenated alkanes) is 3. The van der Waals surface area contributed by atoms with E-state index in [4.69, 9.17) is 4.42 Å². The van der Waals surface area contributed by atoms with Gasteiger partial charge in [0.1, 0.15) is 5.76 Å². The molecule has 0 spiro atoms. The lowest BCUT2D eigenvalue weighted by atomic mass is 10.2. The van der Waals surface area contributed by atoms with Crippen molar-refractivity contribution >= 4 is 29.5 Å². The Labute approximate surface area is 149 Å². The van der Waals surface area contributed by atoms with Gasteiger partial charge in [0, 0.05) is 31.8 Å². The number of aliphatic imine (C=N–C) groups is 1. The second-order valence-corrected chi connectivity index (χ2v) is 7.28. The highest BCUT2D eigenvalue weighted by Gasteiger charge is 2.00. The van der Waals surface area contributed by atoms with Crippen molar-refractivity contribution in [3.05, 3.63) is 24.2 Å². The topological polar surface area (TPSA) is 49.6 Å². The van der Waals surface area contributed by atoms with Crippen LogP contribution >= 0.6 is 23.5 Å². The fourth-order valence-corrected chi connectivity index (χ4v) is 2.91. The van der Waals surface area contributed by atoms with E-state index in [9.17, 15) is 0 Å². The average Bonchev–Trinajstić information content (AvgIpc) is 3.07. The third-order valence-electron chi connectivity index (χ3n) is 3.37. The van der Waals surface area contributed by atoms with Crippen molar-refractivity contribution in [1.29, 1.82) is 0 Å². The molecule has 1 rings (SSSR count). The smallest absolute Gasteiger partial charge is 0.191 e. The predicted octanol–water partition coefficient (Wildman–Crippen LogP) is 3.64. The lowest BCUT2D eigenvalue weighted by molar-refractivity contribution is 0.507. The third-order valence-corrected chi connectivity index (χ3v) is 4.68. The van der Waals surface area contributed by atoms with E-state index < -0.39 is 0 Å². The van der Waals surface area contributed by atoms with Gasteiger partial charge in [0.05, 0.1) is 6.26 Å². The van der Waals surface area contributed by atoms with Gasteiger partial charge in [-0.25, -0.2) is 0 Å². The van der Waals surface area contributed by atoms with E-state index >= 15 is 0 Å². The predicted molar refractivity (Wildman–Crippen MR) is 106 cm³/mol. The molecule has 0 aliphatic rings. The van der Waals surface area contributed by atoms with Crippen molar-refractivity contribution in [2.24, 2.45) is 4.99 Å². The van der Waals surface area contributed by atoms with Crippen LogP contribution < -0.4 is 10.6 Å². The molecule has 0 aliphatic heterocycles. The van der Waals surface area contributed by atoms with Crippen molar-refractivity contribution in [1.82, 2.24) is 10.6 Å². The number of furan rings is 1. The van der Waals surface area contributed by atoms with Crippen molar-refractivity contribution in [3.8, 4) is 0 Å². The van der Waals surface area contributed by atoms with E-state index in [0.29, 0.717) is 0 Å². The summed E-state index contributed by atoms with van der Waals surface area (Å²) in [6, 6.07) is 3.94. The molecular weight excluding hydrogens is 326 g/mol. The standard InChI is InChI=1S/C17H31N3OS2/c1-22-14-6-4-3-5-10-18-17(20-12-15-23-2)19-11-9-16-8-7-13-21-16/h7-8,13H,3-6,9-12,14-15H2,1-2H3,(H2,18,19,20). The highest BCUT2D eigenvalue weighted by Crippen LogP contribution is 2.04. The molecule has 6 heteroatoms. The zero-order chi connectivity index (χ0) is 16.6. The van der Waals surface area contributed by atoms with Gasteiger partial charge >= 0.3 is 0 Å². The molecule has 1 aromatic heterocycles. The molecular formula is C17H31N3OS2. The fourth-order valence-electron chi connectivity index (χ4n) is 2.11. The van der Waals surface area contributed by atoms with Gasteiger partial charge in [0.2, 0.25) is 0 Å². The lowest BCUT2D eigenvalue weighted by Crippen LogP contribution is -2.39. The molecule has 0 saturated carbocycles. The maximum Gasteiger partial charge on any atom is 0.191 e. The van der Waals surface area contributed by atoms with Gasteiger partial charge in [0.15, 0.2) is 5.96 Å². The summed E-state index contributed by atoms with van der Waals surface area (Å²) in [4.78, 5) is 4.68. The normalized spacial score (nSPS) is 11.7. The first-order chi connectivity index (χ1) is 11.4. The quantitative estimate of drug-likeness (QED) is 0.321. The van der Waals surface area contributed by atoms with Crippen molar-refractivity contribution in [2.75, 3.05) is 43.7 Å². The Hall–Kier alpha value is -0.750.